The maximum Gasteiger partial charge on any atom is 0.329 e. The van der Waals surface area contributed by atoms with Crippen LogP contribution >= 0.6 is 11.6 Å². The summed E-state index contributed by atoms with van der Waals surface area (Å²) in [6.45, 7) is 0.130. The number of terminal acetylenes is 1. The predicted molar refractivity (Wildman–Crippen MR) is 96.0 cm³/mol. The van der Waals surface area contributed by atoms with E-state index in [0.717, 1.165) is 32.1 Å². The highest BCUT2D eigenvalue weighted by Crippen LogP contribution is 2.29. The third kappa shape index (κ3) is 3.80. The van der Waals surface area contributed by atoms with Gasteiger partial charge in [0, 0.05) is 6.04 Å². The molecule has 3 amide bonds. The molecular formula is C19H19ClN2O3. The van der Waals surface area contributed by atoms with E-state index in [1.807, 2.05) is 0 Å². The van der Waals surface area contributed by atoms with Crippen LogP contribution in [0.2, 0.25) is 5.02 Å². The molecule has 1 heterocycles. The molecule has 1 aliphatic carbocycles. The summed E-state index contributed by atoms with van der Waals surface area (Å²) in [4.78, 5) is 26.2. The number of hydrogen-bond acceptors (Lipinski definition) is 3. The Kier molecular flexibility index (Phi) is 5.30. The normalized spacial score (nSPS) is 19.8. The van der Waals surface area contributed by atoms with Crippen molar-refractivity contribution in [1.82, 2.24) is 10.2 Å². The van der Waals surface area contributed by atoms with Crippen molar-refractivity contribution in [3.05, 3.63) is 34.5 Å². The minimum absolute atomic E-state index is 0.00437. The van der Waals surface area contributed by atoms with Crippen molar-refractivity contribution in [3.8, 4) is 18.1 Å². The van der Waals surface area contributed by atoms with E-state index < -0.39 is 0 Å². The van der Waals surface area contributed by atoms with Crippen LogP contribution in [-0.2, 0) is 4.79 Å². The molecule has 1 aliphatic heterocycles. The molecule has 0 atom stereocenters. The fourth-order valence-electron chi connectivity index (χ4n) is 3.23. The van der Waals surface area contributed by atoms with E-state index >= 15 is 0 Å². The number of rotatable bonds is 4. The maximum absolute atomic E-state index is 12.6. The molecule has 25 heavy (non-hydrogen) atoms. The summed E-state index contributed by atoms with van der Waals surface area (Å²) < 4.78 is 5.31. The smallest absolute Gasteiger partial charge is 0.329 e. The van der Waals surface area contributed by atoms with Crippen molar-refractivity contribution in [2.45, 2.75) is 38.1 Å². The van der Waals surface area contributed by atoms with Gasteiger partial charge in [-0.05, 0) is 36.6 Å². The molecule has 6 heteroatoms. The molecule has 1 saturated carbocycles. The van der Waals surface area contributed by atoms with Gasteiger partial charge in [-0.25, -0.2) is 4.79 Å². The van der Waals surface area contributed by atoms with Gasteiger partial charge in [-0.15, -0.1) is 6.42 Å². The van der Waals surface area contributed by atoms with Gasteiger partial charge in [0.1, 0.15) is 18.1 Å². The van der Waals surface area contributed by atoms with Gasteiger partial charge in [-0.1, -0.05) is 42.9 Å². The first kappa shape index (κ1) is 17.4. The summed E-state index contributed by atoms with van der Waals surface area (Å²) in [7, 11) is 0. The summed E-state index contributed by atoms with van der Waals surface area (Å²) in [5.41, 5.74) is 0.969. The zero-order chi connectivity index (χ0) is 17.8. The second kappa shape index (κ2) is 7.62. The minimum Gasteiger partial charge on any atom is -0.479 e. The molecular weight excluding hydrogens is 340 g/mol. The molecule has 3 rings (SSSR count). The van der Waals surface area contributed by atoms with Crippen LogP contribution in [0.4, 0.5) is 4.79 Å². The molecule has 0 unspecified atom stereocenters. The average molecular weight is 359 g/mol. The largest absolute Gasteiger partial charge is 0.479 e. The molecule has 1 aromatic rings. The number of urea groups is 1. The van der Waals surface area contributed by atoms with Crippen molar-refractivity contribution in [2.75, 3.05) is 6.61 Å². The molecule has 1 saturated heterocycles. The van der Waals surface area contributed by atoms with Gasteiger partial charge in [0.15, 0.2) is 0 Å². The molecule has 1 aromatic carbocycles. The van der Waals surface area contributed by atoms with Gasteiger partial charge in [0.05, 0.1) is 5.02 Å². The Morgan fingerprint density at radius 3 is 2.76 bits per heavy atom. The highest BCUT2D eigenvalue weighted by Gasteiger charge is 2.38. The standard InChI is InChI=1S/C19H19ClN2O3/c1-2-10-25-17-9-8-13(11-15(17)20)12-16-18(23)22(19(24)21-16)14-6-4-3-5-7-14/h1,8-9,11-12,14H,3-7,10H2,(H,21,24)/b16-12-. The third-order valence-corrected chi connectivity index (χ3v) is 4.72. The summed E-state index contributed by atoms with van der Waals surface area (Å²) in [6.07, 6.45) is 11.8. The van der Waals surface area contributed by atoms with Crippen LogP contribution in [0, 0.1) is 12.3 Å². The monoisotopic (exact) mass is 358 g/mol. The van der Waals surface area contributed by atoms with E-state index in [4.69, 9.17) is 22.8 Å². The van der Waals surface area contributed by atoms with Gasteiger partial charge in [0.2, 0.25) is 0 Å². The molecule has 0 aromatic heterocycles. The van der Waals surface area contributed by atoms with Crippen LogP contribution in [0.15, 0.2) is 23.9 Å². The topological polar surface area (TPSA) is 58.6 Å². The summed E-state index contributed by atoms with van der Waals surface area (Å²) in [5.74, 6) is 2.57. The number of halogens is 1. The molecule has 130 valence electrons. The molecule has 1 N–H and O–H groups in total. The first-order valence-corrected chi connectivity index (χ1v) is 8.70. The van der Waals surface area contributed by atoms with E-state index in [9.17, 15) is 9.59 Å². The van der Waals surface area contributed by atoms with Gasteiger partial charge in [0.25, 0.3) is 5.91 Å². The van der Waals surface area contributed by atoms with Crippen LogP contribution in [0.5, 0.6) is 5.75 Å². The second-order valence-electron chi connectivity index (χ2n) is 6.14. The van der Waals surface area contributed by atoms with E-state index in [1.54, 1.807) is 24.3 Å². The van der Waals surface area contributed by atoms with Crippen LogP contribution < -0.4 is 10.1 Å². The highest BCUT2D eigenvalue weighted by atomic mass is 35.5. The SMILES string of the molecule is C#CCOc1ccc(/C=C2\NC(=O)N(C3CCCCC3)C2=O)cc1Cl. The Morgan fingerprint density at radius 2 is 2.08 bits per heavy atom. The number of ether oxygens (including phenoxy) is 1. The number of benzene rings is 1. The van der Waals surface area contributed by atoms with Crippen molar-refractivity contribution in [2.24, 2.45) is 0 Å². The number of nitrogens with zero attached hydrogens (tertiary/aromatic N) is 1. The maximum atomic E-state index is 12.6. The first-order chi connectivity index (χ1) is 12.1. The van der Waals surface area contributed by atoms with E-state index in [1.165, 1.54) is 4.90 Å². The van der Waals surface area contributed by atoms with Crippen molar-refractivity contribution in [1.29, 1.82) is 0 Å². The van der Waals surface area contributed by atoms with Gasteiger partial charge < -0.3 is 10.1 Å². The molecule has 2 fully saturated rings. The van der Waals surface area contributed by atoms with Crippen LogP contribution in [0.1, 0.15) is 37.7 Å². The van der Waals surface area contributed by atoms with Gasteiger partial charge in [-0.2, -0.15) is 0 Å². The number of carbonyl (C=O) groups is 2. The number of nitrogens with one attached hydrogen (secondary N) is 1. The van der Waals surface area contributed by atoms with Crippen molar-refractivity contribution in [3.63, 3.8) is 0 Å². The molecule has 2 aliphatic rings. The molecule has 0 radical (unpaired) electrons. The fraction of sp³-hybridized carbons (Fsp3) is 0.368. The summed E-state index contributed by atoms with van der Waals surface area (Å²) in [6, 6.07) is 4.77. The lowest BCUT2D eigenvalue weighted by Crippen LogP contribution is -2.41. The summed E-state index contributed by atoms with van der Waals surface area (Å²) >= 11 is 6.16. The zero-order valence-electron chi connectivity index (χ0n) is 13.8. The average Bonchev–Trinajstić information content (AvgIpc) is 2.88. The van der Waals surface area contributed by atoms with Crippen molar-refractivity contribution < 1.29 is 14.3 Å². The number of imide groups is 1. The minimum atomic E-state index is -0.344. The third-order valence-electron chi connectivity index (χ3n) is 4.43. The quantitative estimate of drug-likeness (QED) is 0.508. The van der Waals surface area contributed by atoms with Gasteiger partial charge in [-0.3, -0.25) is 9.69 Å². The molecule has 0 spiro atoms. The lowest BCUT2D eigenvalue weighted by Gasteiger charge is -2.28. The van der Waals surface area contributed by atoms with Crippen LogP contribution in [0.25, 0.3) is 6.08 Å². The summed E-state index contributed by atoms with van der Waals surface area (Å²) in [5, 5.41) is 3.06. The highest BCUT2D eigenvalue weighted by molar-refractivity contribution is 6.32. The predicted octanol–water partition coefficient (Wildman–Crippen LogP) is 3.58. The van der Waals surface area contributed by atoms with Crippen LogP contribution in [0.3, 0.4) is 0 Å². The van der Waals surface area contributed by atoms with Crippen molar-refractivity contribution >= 4 is 29.6 Å². The second-order valence-corrected chi connectivity index (χ2v) is 6.55. The van der Waals surface area contributed by atoms with Gasteiger partial charge >= 0.3 is 6.03 Å². The molecule has 0 bridgehead atoms. The Bertz CT molecular complexity index is 760. The first-order valence-electron chi connectivity index (χ1n) is 8.32. The number of carbonyl (C=O) groups excluding carboxylic acids is 2. The molecule has 5 nitrogen and oxygen atoms in total. The lowest BCUT2D eigenvalue weighted by atomic mass is 9.94. The lowest BCUT2D eigenvalue weighted by molar-refractivity contribution is -0.124. The Morgan fingerprint density at radius 1 is 1.32 bits per heavy atom. The Balaban J connectivity index is 1.77. The zero-order valence-corrected chi connectivity index (χ0v) is 14.5. The number of hydrogen-bond donors (Lipinski definition) is 1. The van der Waals surface area contributed by atoms with E-state index in [-0.39, 0.29) is 30.3 Å². The van der Waals surface area contributed by atoms with E-state index in [2.05, 4.69) is 11.2 Å². The Labute approximate surface area is 152 Å². The Hall–Kier alpha value is -2.45. The van der Waals surface area contributed by atoms with E-state index in [0.29, 0.717) is 16.3 Å². The van der Waals surface area contributed by atoms with Crippen LogP contribution in [-0.4, -0.2) is 29.5 Å². The fourth-order valence-corrected chi connectivity index (χ4v) is 3.47. The number of amides is 3.